The van der Waals surface area contributed by atoms with Gasteiger partial charge in [0.05, 0.1) is 10.9 Å². The molecule has 1 N–H and O–H groups in total. The molecule has 18 heavy (non-hydrogen) atoms. The number of ether oxygens (including phenoxy) is 1. The maximum absolute atomic E-state index is 13.6. The van der Waals surface area contributed by atoms with E-state index in [-0.39, 0.29) is 5.75 Å². The normalized spacial score (nSPS) is 12.5. The Labute approximate surface area is 117 Å². The average Bonchev–Trinajstić information content (AvgIpc) is 2.67. The van der Waals surface area contributed by atoms with Crippen LogP contribution in [0.5, 0.6) is 5.75 Å². The predicted molar refractivity (Wildman–Crippen MR) is 73.8 cm³/mol. The van der Waals surface area contributed by atoms with E-state index in [0.29, 0.717) is 5.56 Å². The second-order valence-electron chi connectivity index (χ2n) is 3.86. The number of thiophene rings is 1. The number of aryl methyl sites for hydroxylation is 1. The van der Waals surface area contributed by atoms with Crippen LogP contribution < -0.4 is 4.74 Å². The number of rotatable bonds is 3. The lowest BCUT2D eigenvalue weighted by molar-refractivity contribution is 0.219. The second kappa shape index (κ2) is 5.38. The van der Waals surface area contributed by atoms with Gasteiger partial charge in [0.25, 0.3) is 0 Å². The van der Waals surface area contributed by atoms with Gasteiger partial charge < -0.3 is 9.84 Å². The van der Waals surface area contributed by atoms with Crippen molar-refractivity contribution in [3.63, 3.8) is 0 Å². The molecule has 0 fully saturated rings. The summed E-state index contributed by atoms with van der Waals surface area (Å²) in [6.45, 7) is 1.92. The van der Waals surface area contributed by atoms with E-state index in [9.17, 15) is 9.50 Å². The Morgan fingerprint density at radius 2 is 2.11 bits per heavy atom. The highest BCUT2D eigenvalue weighted by molar-refractivity contribution is 9.11. The summed E-state index contributed by atoms with van der Waals surface area (Å²) in [7, 11) is 1.41. The molecule has 0 aliphatic heterocycles. The molecule has 5 heteroatoms. The van der Waals surface area contributed by atoms with Crippen LogP contribution in [0.1, 0.15) is 22.1 Å². The van der Waals surface area contributed by atoms with Gasteiger partial charge in [-0.05, 0) is 52.2 Å². The van der Waals surface area contributed by atoms with E-state index in [1.54, 1.807) is 17.4 Å². The number of aliphatic hydroxyl groups excluding tert-OH is 1. The summed E-state index contributed by atoms with van der Waals surface area (Å²) in [4.78, 5) is 1.01. The Kier molecular flexibility index (Phi) is 4.04. The molecule has 0 radical (unpaired) electrons. The monoisotopic (exact) mass is 330 g/mol. The topological polar surface area (TPSA) is 29.5 Å². The molecule has 1 heterocycles. The SMILES string of the molecule is COc1ccc(C(O)c2cc(Br)sc2C)cc1F. The number of hydrogen-bond acceptors (Lipinski definition) is 3. The molecule has 1 aromatic carbocycles. The van der Waals surface area contributed by atoms with Crippen molar-refractivity contribution in [1.29, 1.82) is 0 Å². The first-order chi connectivity index (χ1) is 8.52. The van der Waals surface area contributed by atoms with Crippen molar-refractivity contribution in [2.75, 3.05) is 7.11 Å². The number of hydrogen-bond donors (Lipinski definition) is 1. The summed E-state index contributed by atoms with van der Waals surface area (Å²) < 4.78 is 19.4. The molecule has 1 unspecified atom stereocenters. The fourth-order valence-corrected chi connectivity index (χ4v) is 3.50. The molecular formula is C13H12BrFO2S. The van der Waals surface area contributed by atoms with Crippen LogP contribution in [0.2, 0.25) is 0 Å². The molecule has 96 valence electrons. The van der Waals surface area contributed by atoms with Crippen LogP contribution in [-0.4, -0.2) is 12.2 Å². The first-order valence-corrected chi connectivity index (χ1v) is 6.91. The molecule has 0 aliphatic rings. The molecule has 0 spiro atoms. The molecule has 1 atom stereocenters. The predicted octanol–water partition coefficient (Wildman–Crippen LogP) is 4.05. The zero-order chi connectivity index (χ0) is 13.3. The summed E-state index contributed by atoms with van der Waals surface area (Å²) in [5.74, 6) is -0.296. The van der Waals surface area contributed by atoms with Crippen molar-refractivity contribution in [3.8, 4) is 5.75 Å². The Hall–Kier alpha value is -0.910. The van der Waals surface area contributed by atoms with Crippen LogP contribution in [-0.2, 0) is 0 Å². The van der Waals surface area contributed by atoms with Crippen molar-refractivity contribution in [1.82, 2.24) is 0 Å². The van der Waals surface area contributed by atoms with Crippen molar-refractivity contribution >= 4 is 27.3 Å². The molecule has 0 aliphatic carbocycles. The van der Waals surface area contributed by atoms with E-state index in [1.807, 2.05) is 13.0 Å². The van der Waals surface area contributed by atoms with Crippen molar-refractivity contribution in [2.45, 2.75) is 13.0 Å². The molecule has 2 aromatic rings. The third-order valence-electron chi connectivity index (χ3n) is 2.71. The van der Waals surface area contributed by atoms with Gasteiger partial charge >= 0.3 is 0 Å². The van der Waals surface area contributed by atoms with Gasteiger partial charge in [-0.2, -0.15) is 0 Å². The molecule has 0 saturated carbocycles. The maximum Gasteiger partial charge on any atom is 0.165 e. The van der Waals surface area contributed by atoms with Gasteiger partial charge in [-0.15, -0.1) is 11.3 Å². The fourth-order valence-electron chi connectivity index (χ4n) is 1.76. The minimum Gasteiger partial charge on any atom is -0.494 e. The van der Waals surface area contributed by atoms with Crippen molar-refractivity contribution < 1.29 is 14.2 Å². The molecule has 2 nitrogen and oxygen atoms in total. The first kappa shape index (κ1) is 13.5. The summed E-state index contributed by atoms with van der Waals surface area (Å²) >= 11 is 4.92. The standard InChI is InChI=1S/C13H12BrFO2S/c1-7-9(6-12(14)18-7)13(16)8-3-4-11(17-2)10(15)5-8/h3-6,13,16H,1-2H3. The highest BCUT2D eigenvalue weighted by atomic mass is 79.9. The third-order valence-corrected chi connectivity index (χ3v) is 4.28. The Balaban J connectivity index is 2.37. The molecular weight excluding hydrogens is 319 g/mol. The van der Waals surface area contributed by atoms with Gasteiger partial charge in [0.1, 0.15) is 6.10 Å². The van der Waals surface area contributed by atoms with E-state index in [2.05, 4.69) is 15.9 Å². The van der Waals surface area contributed by atoms with Crippen LogP contribution in [0.15, 0.2) is 28.1 Å². The van der Waals surface area contributed by atoms with Gasteiger partial charge in [0.15, 0.2) is 11.6 Å². The lowest BCUT2D eigenvalue weighted by Gasteiger charge is -2.12. The maximum atomic E-state index is 13.6. The fraction of sp³-hybridized carbons (Fsp3) is 0.231. The van der Waals surface area contributed by atoms with Crippen LogP contribution in [0.3, 0.4) is 0 Å². The summed E-state index contributed by atoms with van der Waals surface area (Å²) in [6, 6.07) is 6.34. The number of aliphatic hydroxyl groups is 1. The minimum atomic E-state index is -0.826. The number of methoxy groups -OCH3 is 1. The molecule has 1 aromatic heterocycles. The van der Waals surface area contributed by atoms with E-state index in [0.717, 1.165) is 14.2 Å². The molecule has 0 bridgehead atoms. The zero-order valence-corrected chi connectivity index (χ0v) is 12.3. The summed E-state index contributed by atoms with van der Waals surface area (Å²) in [5.41, 5.74) is 1.30. The van der Waals surface area contributed by atoms with Crippen molar-refractivity contribution in [2.24, 2.45) is 0 Å². The van der Waals surface area contributed by atoms with Gasteiger partial charge in [-0.25, -0.2) is 4.39 Å². The average molecular weight is 331 g/mol. The number of benzene rings is 1. The molecule has 0 saturated heterocycles. The zero-order valence-electron chi connectivity index (χ0n) is 9.91. The van der Waals surface area contributed by atoms with E-state index in [4.69, 9.17) is 4.74 Å². The lowest BCUT2D eigenvalue weighted by atomic mass is 10.0. The van der Waals surface area contributed by atoms with E-state index >= 15 is 0 Å². The van der Waals surface area contributed by atoms with Gasteiger partial charge in [0.2, 0.25) is 0 Å². The van der Waals surface area contributed by atoms with Gasteiger partial charge in [-0.3, -0.25) is 0 Å². The van der Waals surface area contributed by atoms with Gasteiger partial charge in [0, 0.05) is 4.88 Å². The Morgan fingerprint density at radius 1 is 1.39 bits per heavy atom. The quantitative estimate of drug-likeness (QED) is 0.919. The lowest BCUT2D eigenvalue weighted by Crippen LogP contribution is -2.01. The Morgan fingerprint density at radius 3 is 2.61 bits per heavy atom. The highest BCUT2D eigenvalue weighted by Crippen LogP contribution is 2.34. The van der Waals surface area contributed by atoms with Crippen LogP contribution >= 0.6 is 27.3 Å². The third kappa shape index (κ3) is 2.58. The molecule has 2 rings (SSSR count). The smallest absolute Gasteiger partial charge is 0.165 e. The molecule has 0 amide bonds. The van der Waals surface area contributed by atoms with Crippen LogP contribution in [0, 0.1) is 12.7 Å². The minimum absolute atomic E-state index is 0.175. The van der Waals surface area contributed by atoms with E-state index < -0.39 is 11.9 Å². The highest BCUT2D eigenvalue weighted by Gasteiger charge is 2.17. The summed E-state index contributed by atoms with van der Waals surface area (Å²) in [5, 5.41) is 10.3. The first-order valence-electron chi connectivity index (χ1n) is 5.30. The van der Waals surface area contributed by atoms with Crippen molar-refractivity contribution in [3.05, 3.63) is 49.9 Å². The van der Waals surface area contributed by atoms with Gasteiger partial charge in [-0.1, -0.05) is 6.07 Å². The van der Waals surface area contributed by atoms with E-state index in [1.165, 1.54) is 19.2 Å². The summed E-state index contributed by atoms with van der Waals surface area (Å²) in [6.07, 6.45) is -0.826. The number of halogens is 2. The largest absolute Gasteiger partial charge is 0.494 e. The van der Waals surface area contributed by atoms with Crippen LogP contribution in [0.4, 0.5) is 4.39 Å². The Bertz CT molecular complexity index is 568. The van der Waals surface area contributed by atoms with Crippen LogP contribution in [0.25, 0.3) is 0 Å². The second-order valence-corrected chi connectivity index (χ2v) is 6.49.